The third-order valence-corrected chi connectivity index (χ3v) is 6.85. The maximum Gasteiger partial charge on any atom is 0.152 e. The van der Waals surface area contributed by atoms with Crippen LogP contribution in [-0.4, -0.2) is 50.6 Å². The average molecular weight is 521 g/mol. The van der Waals surface area contributed by atoms with Gasteiger partial charge in [0, 0.05) is 26.2 Å². The molecule has 7 heteroatoms. The molecule has 2 aliphatic rings. The molecule has 0 radical (unpaired) electrons. The third-order valence-electron chi connectivity index (χ3n) is 6.85. The summed E-state index contributed by atoms with van der Waals surface area (Å²) in [5.41, 5.74) is 2.15. The molecule has 0 aromatic heterocycles. The first-order valence-electron chi connectivity index (χ1n) is 13.5. The summed E-state index contributed by atoms with van der Waals surface area (Å²) in [6.45, 7) is 18.3. The summed E-state index contributed by atoms with van der Waals surface area (Å²) in [7, 11) is 0. The van der Waals surface area contributed by atoms with E-state index in [1.54, 1.807) is 4.90 Å². The SMILES string of the molecule is CC1CN(c2c(F)ccc(C(C)C)c2F)CC(C)O1.CC1CN(c2cccc(C(C)C)c2F)CC(C)O1. The number of morpholine rings is 2. The number of anilines is 2. The predicted octanol–water partition coefficient (Wildman–Crippen LogP) is 7.26. The van der Waals surface area contributed by atoms with Crippen molar-refractivity contribution < 1.29 is 22.6 Å². The lowest BCUT2D eigenvalue weighted by Crippen LogP contribution is -2.46. The van der Waals surface area contributed by atoms with Gasteiger partial charge in [0.05, 0.1) is 30.1 Å². The highest BCUT2D eigenvalue weighted by Crippen LogP contribution is 2.32. The van der Waals surface area contributed by atoms with Crippen molar-refractivity contribution in [2.24, 2.45) is 0 Å². The molecule has 4 atom stereocenters. The van der Waals surface area contributed by atoms with Gasteiger partial charge >= 0.3 is 0 Å². The molecule has 2 aliphatic heterocycles. The number of rotatable bonds is 4. The second-order valence-electron chi connectivity index (χ2n) is 11.1. The minimum Gasteiger partial charge on any atom is -0.372 e. The number of nitrogens with zero attached hydrogens (tertiary/aromatic N) is 2. The number of ether oxygens (including phenoxy) is 2. The zero-order chi connectivity index (χ0) is 27.4. The number of halogens is 3. The minimum atomic E-state index is -0.497. The van der Waals surface area contributed by atoms with E-state index in [9.17, 15) is 13.2 Å². The zero-order valence-corrected chi connectivity index (χ0v) is 23.5. The Balaban J connectivity index is 0.000000206. The molecule has 37 heavy (non-hydrogen) atoms. The van der Waals surface area contributed by atoms with E-state index in [2.05, 4.69) is 4.90 Å². The molecule has 0 saturated carbocycles. The van der Waals surface area contributed by atoms with Crippen molar-refractivity contribution in [3.63, 3.8) is 0 Å². The lowest BCUT2D eigenvalue weighted by molar-refractivity contribution is -0.00579. The van der Waals surface area contributed by atoms with E-state index in [1.165, 1.54) is 12.1 Å². The van der Waals surface area contributed by atoms with Crippen LogP contribution < -0.4 is 9.80 Å². The van der Waals surface area contributed by atoms with Gasteiger partial charge in [0.25, 0.3) is 0 Å². The molecule has 0 aliphatic carbocycles. The van der Waals surface area contributed by atoms with E-state index < -0.39 is 11.6 Å². The summed E-state index contributed by atoms with van der Waals surface area (Å²) in [5.74, 6) is -0.760. The maximum atomic E-state index is 14.5. The van der Waals surface area contributed by atoms with Gasteiger partial charge in [-0.1, -0.05) is 45.9 Å². The van der Waals surface area contributed by atoms with Gasteiger partial charge in [-0.3, -0.25) is 0 Å². The summed E-state index contributed by atoms with van der Waals surface area (Å²) in [4.78, 5) is 3.86. The maximum absolute atomic E-state index is 14.5. The van der Waals surface area contributed by atoms with Gasteiger partial charge in [-0.2, -0.15) is 0 Å². The largest absolute Gasteiger partial charge is 0.372 e. The van der Waals surface area contributed by atoms with Crippen LogP contribution in [0.4, 0.5) is 24.5 Å². The quantitative estimate of drug-likeness (QED) is 0.423. The molecule has 2 aromatic carbocycles. The molecule has 4 nitrogen and oxygen atoms in total. The van der Waals surface area contributed by atoms with E-state index in [-0.39, 0.29) is 47.8 Å². The van der Waals surface area contributed by atoms with Crippen LogP contribution in [-0.2, 0) is 9.47 Å². The summed E-state index contributed by atoms with van der Waals surface area (Å²) < 4.78 is 54.3. The van der Waals surface area contributed by atoms with Crippen LogP contribution in [0.3, 0.4) is 0 Å². The zero-order valence-electron chi connectivity index (χ0n) is 23.5. The highest BCUT2D eigenvalue weighted by Gasteiger charge is 2.28. The Kier molecular flexibility index (Phi) is 9.92. The lowest BCUT2D eigenvalue weighted by atomic mass is 10.0. The van der Waals surface area contributed by atoms with Crippen molar-refractivity contribution >= 4 is 11.4 Å². The standard InChI is InChI=1S/C15H21F2NO.C15H22FNO/c1-9(2)12-5-6-13(16)15(14(12)17)18-7-10(3)19-11(4)8-18;1-10(2)13-6-5-7-14(15(13)16)17-8-11(3)18-12(4)9-17/h5-6,9-11H,7-8H2,1-4H3;5-7,10-12H,8-9H2,1-4H3. The highest BCUT2D eigenvalue weighted by atomic mass is 19.1. The highest BCUT2D eigenvalue weighted by molar-refractivity contribution is 5.53. The average Bonchev–Trinajstić information content (AvgIpc) is 2.78. The molecule has 2 saturated heterocycles. The van der Waals surface area contributed by atoms with E-state index in [0.29, 0.717) is 24.3 Å². The van der Waals surface area contributed by atoms with Crippen molar-refractivity contribution in [3.05, 3.63) is 58.9 Å². The van der Waals surface area contributed by atoms with Crippen molar-refractivity contribution in [1.29, 1.82) is 0 Å². The lowest BCUT2D eigenvalue weighted by Gasteiger charge is -2.37. The van der Waals surface area contributed by atoms with Crippen molar-refractivity contribution in [3.8, 4) is 0 Å². The molecule has 0 amide bonds. The molecule has 206 valence electrons. The predicted molar refractivity (Wildman–Crippen MR) is 145 cm³/mol. The molecule has 0 spiro atoms. The third kappa shape index (κ3) is 7.20. The van der Waals surface area contributed by atoms with Crippen molar-refractivity contribution in [2.75, 3.05) is 36.0 Å². The number of hydrogen-bond donors (Lipinski definition) is 0. The molecule has 0 N–H and O–H groups in total. The fourth-order valence-corrected chi connectivity index (χ4v) is 5.25. The summed E-state index contributed by atoms with van der Waals surface area (Å²) >= 11 is 0. The van der Waals surface area contributed by atoms with E-state index in [1.807, 2.05) is 73.6 Å². The molecule has 0 bridgehead atoms. The monoisotopic (exact) mass is 520 g/mol. The van der Waals surface area contributed by atoms with Gasteiger partial charge in [-0.15, -0.1) is 0 Å². The smallest absolute Gasteiger partial charge is 0.152 e. The first-order valence-corrected chi connectivity index (χ1v) is 13.5. The normalized spacial score (nSPS) is 24.4. The van der Waals surface area contributed by atoms with Gasteiger partial charge in [0.2, 0.25) is 0 Å². The number of benzene rings is 2. The fraction of sp³-hybridized carbons (Fsp3) is 0.600. The Labute approximate surface area is 220 Å². The van der Waals surface area contributed by atoms with Crippen LogP contribution in [0.5, 0.6) is 0 Å². The van der Waals surface area contributed by atoms with Gasteiger partial charge in [0.15, 0.2) is 5.82 Å². The second kappa shape index (κ2) is 12.5. The molecular weight excluding hydrogens is 477 g/mol. The Morgan fingerprint density at radius 3 is 1.59 bits per heavy atom. The summed E-state index contributed by atoms with van der Waals surface area (Å²) in [5, 5.41) is 0. The molecule has 2 fully saturated rings. The van der Waals surface area contributed by atoms with Crippen LogP contribution in [0, 0.1) is 17.5 Å². The first-order chi connectivity index (χ1) is 17.4. The second-order valence-corrected chi connectivity index (χ2v) is 11.1. The van der Waals surface area contributed by atoms with Crippen LogP contribution >= 0.6 is 0 Å². The molecule has 4 rings (SSSR count). The van der Waals surface area contributed by atoms with Crippen LogP contribution in [0.15, 0.2) is 30.3 Å². The van der Waals surface area contributed by atoms with Crippen LogP contribution in [0.2, 0.25) is 0 Å². The first kappa shape index (κ1) is 29.3. The summed E-state index contributed by atoms with van der Waals surface area (Å²) in [6, 6.07) is 8.58. The topological polar surface area (TPSA) is 24.9 Å². The molecule has 2 heterocycles. The minimum absolute atomic E-state index is 0.0229. The van der Waals surface area contributed by atoms with E-state index >= 15 is 0 Å². The van der Waals surface area contributed by atoms with E-state index in [0.717, 1.165) is 18.7 Å². The fourth-order valence-electron chi connectivity index (χ4n) is 5.25. The Morgan fingerprint density at radius 2 is 1.11 bits per heavy atom. The van der Waals surface area contributed by atoms with Gasteiger partial charge in [-0.25, -0.2) is 13.2 Å². The van der Waals surface area contributed by atoms with Crippen LogP contribution in [0.1, 0.15) is 78.4 Å². The Hall–Kier alpha value is -2.25. The Morgan fingerprint density at radius 1 is 0.649 bits per heavy atom. The number of hydrogen-bond acceptors (Lipinski definition) is 4. The van der Waals surface area contributed by atoms with Crippen molar-refractivity contribution in [2.45, 2.75) is 91.6 Å². The van der Waals surface area contributed by atoms with Gasteiger partial charge < -0.3 is 19.3 Å². The summed E-state index contributed by atoms with van der Waals surface area (Å²) in [6.07, 6.45) is 0.252. The Bertz CT molecular complexity index is 1030. The van der Waals surface area contributed by atoms with Crippen molar-refractivity contribution in [1.82, 2.24) is 0 Å². The van der Waals surface area contributed by atoms with Gasteiger partial charge in [0.1, 0.15) is 17.3 Å². The van der Waals surface area contributed by atoms with Crippen LogP contribution in [0.25, 0.3) is 0 Å². The van der Waals surface area contributed by atoms with E-state index in [4.69, 9.17) is 9.47 Å². The molecular formula is C30H43F3N2O2. The van der Waals surface area contributed by atoms with Gasteiger partial charge in [-0.05, 0) is 62.8 Å². The molecule has 2 aromatic rings. The molecule has 4 unspecified atom stereocenters.